The van der Waals surface area contributed by atoms with Crippen molar-refractivity contribution in [3.63, 3.8) is 0 Å². The molecule has 2 aromatic rings. The van der Waals surface area contributed by atoms with E-state index in [-0.39, 0.29) is 5.91 Å². The predicted octanol–water partition coefficient (Wildman–Crippen LogP) is 4.51. The summed E-state index contributed by atoms with van der Waals surface area (Å²) in [5.41, 5.74) is 10.0. The minimum Gasteiger partial charge on any atom is -0.399 e. The van der Waals surface area contributed by atoms with Gasteiger partial charge in [-0.3, -0.25) is 9.79 Å². The van der Waals surface area contributed by atoms with Gasteiger partial charge >= 0.3 is 0 Å². The Morgan fingerprint density at radius 2 is 1.84 bits per heavy atom. The summed E-state index contributed by atoms with van der Waals surface area (Å²) in [6, 6.07) is 14.6. The Kier molecular flexibility index (Phi) is 4.90. The smallest absolute Gasteiger partial charge is 0.256 e. The lowest BCUT2D eigenvalue weighted by Gasteiger charge is -2.16. The summed E-state index contributed by atoms with van der Waals surface area (Å²) in [4.78, 5) is 17.1. The maximum atomic E-state index is 13.0. The number of carbonyl (C=O) groups excluding carboxylic acids is 1. The number of hydrogen-bond donors (Lipinski definition) is 2. The van der Waals surface area contributed by atoms with Gasteiger partial charge in [-0.05, 0) is 49.0 Å². The largest absolute Gasteiger partial charge is 0.399 e. The first-order valence-electron chi connectivity index (χ1n) is 7.98. The molecule has 0 fully saturated rings. The maximum absolute atomic E-state index is 13.0. The van der Waals surface area contributed by atoms with Gasteiger partial charge in [-0.2, -0.15) is 0 Å². The van der Waals surface area contributed by atoms with Crippen LogP contribution in [0, 0.1) is 0 Å². The molecule has 0 aromatic heterocycles. The van der Waals surface area contributed by atoms with Gasteiger partial charge in [0.05, 0.1) is 11.3 Å². The van der Waals surface area contributed by atoms with Gasteiger partial charge in [0.2, 0.25) is 0 Å². The number of nitrogens with one attached hydrogen (secondary N) is 1. The zero-order valence-electron chi connectivity index (χ0n) is 13.8. The van der Waals surface area contributed by atoms with Crippen LogP contribution in [-0.4, -0.2) is 12.6 Å². The summed E-state index contributed by atoms with van der Waals surface area (Å²) in [7, 11) is 0. The minimum absolute atomic E-state index is 0.184. The van der Waals surface area contributed by atoms with Gasteiger partial charge in [-0.15, -0.1) is 0 Å². The fourth-order valence-electron chi connectivity index (χ4n) is 2.72. The average Bonchev–Trinajstić information content (AvgIpc) is 2.65. The molecule has 0 aliphatic heterocycles. The first-order chi connectivity index (χ1) is 12.2. The number of nitrogens with two attached hydrogens (primary N) is 1. The fraction of sp³-hybridized carbons (Fsp3) is 0.0476. The van der Waals surface area contributed by atoms with E-state index in [1.165, 1.54) is 0 Å². The van der Waals surface area contributed by atoms with Gasteiger partial charge in [-0.1, -0.05) is 42.5 Å². The maximum Gasteiger partial charge on any atom is 0.256 e. The van der Waals surface area contributed by atoms with Crippen molar-refractivity contribution in [3.8, 4) is 0 Å². The molecule has 124 valence electrons. The molecule has 0 bridgehead atoms. The Hall–Kier alpha value is -3.40. The van der Waals surface area contributed by atoms with Crippen molar-refractivity contribution in [2.24, 2.45) is 4.99 Å². The summed E-state index contributed by atoms with van der Waals surface area (Å²) in [6.07, 6.45) is 8.57. The van der Waals surface area contributed by atoms with E-state index < -0.39 is 0 Å². The van der Waals surface area contributed by atoms with Gasteiger partial charge in [0.1, 0.15) is 0 Å². The molecule has 2 aromatic carbocycles. The lowest BCUT2D eigenvalue weighted by molar-refractivity contribution is -0.111. The summed E-state index contributed by atoms with van der Waals surface area (Å²) in [6.45, 7) is 3.62. The third-order valence-electron chi connectivity index (χ3n) is 3.94. The molecular weight excluding hydrogens is 310 g/mol. The summed E-state index contributed by atoms with van der Waals surface area (Å²) in [5, 5.41) is 2.94. The summed E-state index contributed by atoms with van der Waals surface area (Å²) >= 11 is 0. The highest BCUT2D eigenvalue weighted by molar-refractivity contribution is 6.27. The molecule has 1 aliphatic rings. The number of hydrogen-bond acceptors (Lipinski definition) is 3. The second-order valence-corrected chi connectivity index (χ2v) is 5.64. The average molecular weight is 329 g/mol. The standard InChI is InChI=1S/C21H19N3O/c1-23-19-10-6-5-9-18(19)20(15-7-3-2-4-8-15)21(25)24-17-13-11-16(22)12-14-17/h2-7,9-14H,1,8,22H2,(H,24,25)/b20-15+. The van der Waals surface area contributed by atoms with Crippen molar-refractivity contribution in [2.45, 2.75) is 6.42 Å². The SMILES string of the molecule is C=Nc1ccccc1/C(C(=O)Nc1ccc(N)cc1)=C1/C=CC=CC1. The molecule has 4 heteroatoms. The van der Waals surface area contributed by atoms with Crippen molar-refractivity contribution in [3.05, 3.63) is 84.0 Å². The Labute approximate surface area is 147 Å². The summed E-state index contributed by atoms with van der Waals surface area (Å²) < 4.78 is 0. The van der Waals surface area contributed by atoms with Crippen LogP contribution in [0.3, 0.4) is 0 Å². The third kappa shape index (κ3) is 3.75. The predicted molar refractivity (Wildman–Crippen MR) is 105 cm³/mol. The molecule has 1 aliphatic carbocycles. The minimum atomic E-state index is -0.184. The van der Waals surface area contributed by atoms with E-state index in [4.69, 9.17) is 5.73 Å². The van der Waals surface area contributed by atoms with Crippen molar-refractivity contribution in [1.29, 1.82) is 0 Å². The topological polar surface area (TPSA) is 67.5 Å². The number of carbonyl (C=O) groups is 1. The Bertz CT molecular complexity index is 890. The molecule has 1 amide bonds. The van der Waals surface area contributed by atoms with Crippen LogP contribution in [0.25, 0.3) is 5.57 Å². The molecule has 3 rings (SSSR count). The van der Waals surface area contributed by atoms with Gasteiger partial charge in [-0.25, -0.2) is 0 Å². The van der Waals surface area contributed by atoms with Crippen LogP contribution in [0.4, 0.5) is 17.1 Å². The van der Waals surface area contributed by atoms with Crippen LogP contribution < -0.4 is 11.1 Å². The molecule has 0 saturated heterocycles. The lowest BCUT2D eigenvalue weighted by Crippen LogP contribution is -2.15. The first-order valence-corrected chi connectivity index (χ1v) is 7.98. The molecule has 25 heavy (non-hydrogen) atoms. The Morgan fingerprint density at radius 3 is 2.52 bits per heavy atom. The van der Waals surface area contributed by atoms with Crippen LogP contribution >= 0.6 is 0 Å². The third-order valence-corrected chi connectivity index (χ3v) is 3.94. The fourth-order valence-corrected chi connectivity index (χ4v) is 2.72. The first kappa shape index (κ1) is 16.5. The molecule has 3 N–H and O–H groups in total. The highest BCUT2D eigenvalue weighted by Gasteiger charge is 2.19. The monoisotopic (exact) mass is 329 g/mol. The molecule has 0 spiro atoms. The number of allylic oxidation sites excluding steroid dienone is 5. The molecule has 4 nitrogen and oxygen atoms in total. The van der Waals surface area contributed by atoms with Gasteiger partial charge in [0.25, 0.3) is 5.91 Å². The zero-order chi connectivity index (χ0) is 17.6. The van der Waals surface area contributed by atoms with E-state index in [0.717, 1.165) is 11.1 Å². The number of nitrogens with zero attached hydrogens (tertiary/aromatic N) is 1. The molecule has 0 saturated carbocycles. The summed E-state index contributed by atoms with van der Waals surface area (Å²) in [5.74, 6) is -0.184. The number of nitrogen functional groups attached to an aromatic ring is 1. The number of aliphatic imine (C=N–C) groups is 1. The molecular formula is C21H19N3O. The normalized spacial score (nSPS) is 14.9. The van der Waals surface area contributed by atoms with Crippen LogP contribution in [0.15, 0.2) is 83.4 Å². The zero-order valence-corrected chi connectivity index (χ0v) is 13.8. The van der Waals surface area contributed by atoms with E-state index >= 15 is 0 Å². The molecule has 0 radical (unpaired) electrons. The van der Waals surface area contributed by atoms with E-state index in [0.29, 0.717) is 29.1 Å². The van der Waals surface area contributed by atoms with Gasteiger partial charge in [0, 0.05) is 16.9 Å². The number of amides is 1. The number of rotatable bonds is 4. The Morgan fingerprint density at radius 1 is 1.08 bits per heavy atom. The Balaban J connectivity index is 2.04. The highest BCUT2D eigenvalue weighted by atomic mass is 16.1. The van der Waals surface area contributed by atoms with Crippen LogP contribution in [-0.2, 0) is 4.79 Å². The molecule has 0 heterocycles. The number of anilines is 2. The molecule has 0 atom stereocenters. The quantitative estimate of drug-likeness (QED) is 0.492. The van der Waals surface area contributed by atoms with Gasteiger partial charge in [0.15, 0.2) is 0 Å². The van der Waals surface area contributed by atoms with Crippen molar-refractivity contribution >= 4 is 35.3 Å². The van der Waals surface area contributed by atoms with Crippen LogP contribution in [0.5, 0.6) is 0 Å². The lowest BCUT2D eigenvalue weighted by atomic mass is 9.93. The number of para-hydroxylation sites is 1. The van der Waals surface area contributed by atoms with Crippen LogP contribution in [0.2, 0.25) is 0 Å². The second-order valence-electron chi connectivity index (χ2n) is 5.64. The van der Waals surface area contributed by atoms with E-state index in [9.17, 15) is 4.79 Å². The van der Waals surface area contributed by atoms with Crippen molar-refractivity contribution in [2.75, 3.05) is 11.1 Å². The van der Waals surface area contributed by atoms with Crippen molar-refractivity contribution < 1.29 is 4.79 Å². The van der Waals surface area contributed by atoms with E-state index in [1.54, 1.807) is 24.3 Å². The van der Waals surface area contributed by atoms with Crippen LogP contribution in [0.1, 0.15) is 12.0 Å². The highest BCUT2D eigenvalue weighted by Crippen LogP contribution is 2.32. The second kappa shape index (κ2) is 7.45. The number of benzene rings is 2. The van der Waals surface area contributed by atoms with E-state index in [2.05, 4.69) is 17.0 Å². The van der Waals surface area contributed by atoms with Crippen molar-refractivity contribution in [1.82, 2.24) is 0 Å². The van der Waals surface area contributed by atoms with Gasteiger partial charge < -0.3 is 11.1 Å². The van der Waals surface area contributed by atoms with E-state index in [1.807, 2.05) is 48.6 Å². The molecule has 0 unspecified atom stereocenters.